The van der Waals surface area contributed by atoms with Gasteiger partial charge in [0.25, 0.3) is 5.91 Å². The van der Waals surface area contributed by atoms with Crippen molar-refractivity contribution in [3.8, 4) is 0 Å². The first-order valence-electron chi connectivity index (χ1n) is 8.98. The zero-order valence-corrected chi connectivity index (χ0v) is 17.4. The average molecular weight is 433 g/mol. The predicted octanol–water partition coefficient (Wildman–Crippen LogP) is 3.31. The van der Waals surface area contributed by atoms with Crippen LogP contribution >= 0.6 is 23.4 Å². The summed E-state index contributed by atoms with van der Waals surface area (Å²) in [6.07, 6.45) is 0. The molecule has 1 heterocycles. The molecule has 1 aliphatic rings. The highest BCUT2D eigenvalue weighted by atomic mass is 35.5. The van der Waals surface area contributed by atoms with Crippen molar-refractivity contribution in [3.05, 3.63) is 70.4 Å². The molecular formula is C21H21ClN2O4S. The Balaban J connectivity index is 1.82. The molecule has 0 saturated carbocycles. The third kappa shape index (κ3) is 5.12. The van der Waals surface area contributed by atoms with Crippen LogP contribution < -0.4 is 5.32 Å². The Morgan fingerprint density at radius 3 is 2.66 bits per heavy atom. The Labute approximate surface area is 178 Å². The number of rotatable bonds is 8. The highest BCUT2D eigenvalue weighted by Crippen LogP contribution is 2.32. The topological polar surface area (TPSA) is 78.9 Å². The van der Waals surface area contributed by atoms with Gasteiger partial charge in [-0.25, -0.2) is 4.79 Å². The normalized spacial score (nSPS) is 13.8. The number of para-hydroxylation sites is 1. The number of thioether (sulfide) groups is 1. The van der Waals surface area contributed by atoms with E-state index in [2.05, 4.69) is 5.32 Å². The highest BCUT2D eigenvalue weighted by molar-refractivity contribution is 7.98. The van der Waals surface area contributed by atoms with Gasteiger partial charge >= 0.3 is 5.97 Å². The van der Waals surface area contributed by atoms with E-state index in [-0.39, 0.29) is 36.9 Å². The molecule has 1 amide bonds. The number of methoxy groups -OCH3 is 1. The van der Waals surface area contributed by atoms with Crippen LogP contribution in [0.25, 0.3) is 0 Å². The van der Waals surface area contributed by atoms with Crippen LogP contribution in [-0.4, -0.2) is 48.7 Å². The standard InChI is InChI=1S/C21H21ClN2O4S/c1-28-21(27)16-12-24(10-11-25)20(26)19(16)23-17-4-2-3-5-18(17)29-13-14-6-8-15(22)9-7-14/h2-9,23,25H,10-13H2,1H3. The maximum Gasteiger partial charge on any atom is 0.337 e. The van der Waals surface area contributed by atoms with Gasteiger partial charge in [0.05, 0.1) is 31.5 Å². The summed E-state index contributed by atoms with van der Waals surface area (Å²) in [6.45, 7) is 0.0763. The van der Waals surface area contributed by atoms with Crippen molar-refractivity contribution in [2.24, 2.45) is 0 Å². The second-order valence-corrected chi connectivity index (χ2v) is 7.79. The van der Waals surface area contributed by atoms with E-state index in [9.17, 15) is 14.7 Å². The predicted molar refractivity (Wildman–Crippen MR) is 114 cm³/mol. The van der Waals surface area contributed by atoms with Crippen molar-refractivity contribution in [1.29, 1.82) is 0 Å². The van der Waals surface area contributed by atoms with Crippen molar-refractivity contribution in [1.82, 2.24) is 4.90 Å². The number of benzene rings is 2. The third-order valence-electron chi connectivity index (χ3n) is 4.41. The summed E-state index contributed by atoms with van der Waals surface area (Å²) < 4.78 is 4.83. The zero-order chi connectivity index (χ0) is 20.8. The number of carbonyl (C=O) groups excluding carboxylic acids is 2. The summed E-state index contributed by atoms with van der Waals surface area (Å²) in [5.41, 5.74) is 2.28. The Kier molecular flexibility index (Phi) is 7.19. The average Bonchev–Trinajstić information content (AvgIpc) is 3.04. The SMILES string of the molecule is COC(=O)C1=C(Nc2ccccc2SCc2ccc(Cl)cc2)C(=O)N(CCO)C1. The van der Waals surface area contributed by atoms with E-state index in [1.807, 2.05) is 48.5 Å². The molecule has 6 nitrogen and oxygen atoms in total. The maximum atomic E-state index is 12.7. The minimum Gasteiger partial charge on any atom is -0.466 e. The van der Waals surface area contributed by atoms with Gasteiger partial charge < -0.3 is 20.1 Å². The molecule has 8 heteroatoms. The molecule has 0 bridgehead atoms. The van der Waals surface area contributed by atoms with E-state index in [0.717, 1.165) is 21.9 Å². The number of β-amino-alcohol motifs (C(OH)–C–C–N with tert-alkyl or cyclic N) is 1. The fourth-order valence-corrected chi connectivity index (χ4v) is 4.01. The molecule has 2 aromatic rings. The molecule has 1 aliphatic heterocycles. The van der Waals surface area contributed by atoms with E-state index in [1.165, 1.54) is 12.0 Å². The number of ether oxygens (including phenoxy) is 1. The van der Waals surface area contributed by atoms with Crippen molar-refractivity contribution >= 4 is 40.9 Å². The van der Waals surface area contributed by atoms with Crippen molar-refractivity contribution < 1.29 is 19.4 Å². The first-order valence-corrected chi connectivity index (χ1v) is 10.3. The van der Waals surface area contributed by atoms with Gasteiger partial charge in [-0.15, -0.1) is 11.8 Å². The number of anilines is 1. The molecule has 2 aromatic carbocycles. The number of hydrogen-bond acceptors (Lipinski definition) is 6. The molecule has 0 aromatic heterocycles. The second kappa shape index (κ2) is 9.82. The number of aliphatic hydroxyl groups excluding tert-OH is 1. The van der Waals surface area contributed by atoms with Crippen molar-refractivity contribution in [2.75, 3.05) is 32.1 Å². The van der Waals surface area contributed by atoms with Crippen LogP contribution in [0.15, 0.2) is 64.7 Å². The summed E-state index contributed by atoms with van der Waals surface area (Å²) in [4.78, 5) is 27.2. The maximum absolute atomic E-state index is 12.7. The number of nitrogens with one attached hydrogen (secondary N) is 1. The molecule has 29 heavy (non-hydrogen) atoms. The van der Waals surface area contributed by atoms with Crippen LogP contribution in [0.2, 0.25) is 5.02 Å². The van der Waals surface area contributed by atoms with Crippen LogP contribution in [0.3, 0.4) is 0 Å². The van der Waals surface area contributed by atoms with E-state index in [0.29, 0.717) is 5.02 Å². The molecule has 152 valence electrons. The Morgan fingerprint density at radius 1 is 1.24 bits per heavy atom. The largest absolute Gasteiger partial charge is 0.466 e. The fourth-order valence-electron chi connectivity index (χ4n) is 2.92. The summed E-state index contributed by atoms with van der Waals surface area (Å²) >= 11 is 7.54. The Bertz CT molecular complexity index is 931. The Hall–Kier alpha value is -2.48. The number of nitrogens with zero attached hydrogens (tertiary/aromatic N) is 1. The molecular weight excluding hydrogens is 412 g/mol. The highest BCUT2D eigenvalue weighted by Gasteiger charge is 2.34. The first-order chi connectivity index (χ1) is 14.0. The molecule has 0 radical (unpaired) electrons. The molecule has 0 spiro atoms. The first kappa shape index (κ1) is 21.2. The van der Waals surface area contributed by atoms with Gasteiger partial charge in [-0.2, -0.15) is 0 Å². The zero-order valence-electron chi connectivity index (χ0n) is 15.9. The van der Waals surface area contributed by atoms with Crippen LogP contribution in [0, 0.1) is 0 Å². The summed E-state index contributed by atoms with van der Waals surface area (Å²) in [5.74, 6) is -0.173. The summed E-state index contributed by atoms with van der Waals surface area (Å²) in [7, 11) is 1.28. The lowest BCUT2D eigenvalue weighted by molar-refractivity contribution is -0.136. The number of esters is 1. The molecule has 0 unspecified atom stereocenters. The quantitative estimate of drug-likeness (QED) is 0.492. The van der Waals surface area contributed by atoms with Gasteiger partial charge in [-0.05, 0) is 29.8 Å². The van der Waals surface area contributed by atoms with Crippen LogP contribution in [0.5, 0.6) is 0 Å². The second-order valence-electron chi connectivity index (χ2n) is 6.33. The number of amides is 1. The molecule has 2 N–H and O–H groups in total. The van der Waals surface area contributed by atoms with Gasteiger partial charge in [0, 0.05) is 22.2 Å². The fraction of sp³-hybridized carbons (Fsp3) is 0.238. The van der Waals surface area contributed by atoms with Gasteiger partial charge in [0.1, 0.15) is 5.70 Å². The number of aliphatic hydroxyl groups is 1. The molecule has 0 saturated heterocycles. The third-order valence-corrected chi connectivity index (χ3v) is 5.80. The van der Waals surface area contributed by atoms with E-state index in [4.69, 9.17) is 16.3 Å². The summed E-state index contributed by atoms with van der Waals surface area (Å²) in [6, 6.07) is 15.2. The monoisotopic (exact) mass is 432 g/mol. The van der Waals surface area contributed by atoms with Gasteiger partial charge in [-0.1, -0.05) is 35.9 Å². The number of carbonyl (C=O) groups is 2. The number of halogens is 1. The van der Waals surface area contributed by atoms with Gasteiger partial charge in [-0.3, -0.25) is 4.79 Å². The van der Waals surface area contributed by atoms with Crippen LogP contribution in [0.1, 0.15) is 5.56 Å². The summed E-state index contributed by atoms with van der Waals surface area (Å²) in [5, 5.41) is 13.0. The Morgan fingerprint density at radius 2 is 1.97 bits per heavy atom. The minimum absolute atomic E-state index is 0.106. The lowest BCUT2D eigenvalue weighted by atomic mass is 10.2. The van der Waals surface area contributed by atoms with E-state index in [1.54, 1.807) is 11.8 Å². The lowest BCUT2D eigenvalue weighted by Gasteiger charge is -2.16. The molecule has 0 fully saturated rings. The number of hydrogen-bond donors (Lipinski definition) is 2. The minimum atomic E-state index is -0.562. The van der Waals surface area contributed by atoms with Crippen molar-refractivity contribution in [2.45, 2.75) is 10.6 Å². The van der Waals surface area contributed by atoms with E-state index < -0.39 is 5.97 Å². The van der Waals surface area contributed by atoms with Gasteiger partial charge in [0.2, 0.25) is 0 Å². The van der Waals surface area contributed by atoms with Crippen molar-refractivity contribution in [3.63, 3.8) is 0 Å². The van der Waals surface area contributed by atoms with Gasteiger partial charge in [0.15, 0.2) is 0 Å². The van der Waals surface area contributed by atoms with Crippen LogP contribution in [-0.2, 0) is 20.1 Å². The molecule has 0 atom stereocenters. The molecule has 3 rings (SSSR count). The van der Waals surface area contributed by atoms with Crippen LogP contribution in [0.4, 0.5) is 5.69 Å². The lowest BCUT2D eigenvalue weighted by Crippen LogP contribution is -2.31. The smallest absolute Gasteiger partial charge is 0.337 e. The van der Waals surface area contributed by atoms with E-state index >= 15 is 0 Å². The molecule has 0 aliphatic carbocycles.